The standard InChI is InChI=1S/C14H15N3O5/c1-8(2)14(18)21-9(3)12-15-16-13(22-12)10-4-6-11(7-5-10)17(19)20/h4-9H,1-3H3. The van der Waals surface area contributed by atoms with Crippen molar-refractivity contribution in [3.8, 4) is 11.5 Å². The van der Waals surface area contributed by atoms with Crippen molar-refractivity contribution in [1.82, 2.24) is 10.2 Å². The molecule has 2 rings (SSSR count). The fourth-order valence-electron chi connectivity index (χ4n) is 1.60. The third kappa shape index (κ3) is 3.46. The number of hydrogen-bond donors (Lipinski definition) is 0. The van der Waals surface area contributed by atoms with Crippen LogP contribution in [-0.2, 0) is 9.53 Å². The Bertz CT molecular complexity index is 678. The predicted molar refractivity (Wildman–Crippen MR) is 75.7 cm³/mol. The fourth-order valence-corrected chi connectivity index (χ4v) is 1.60. The van der Waals surface area contributed by atoms with Gasteiger partial charge in [-0.1, -0.05) is 13.8 Å². The van der Waals surface area contributed by atoms with E-state index in [1.165, 1.54) is 24.3 Å². The van der Waals surface area contributed by atoms with E-state index in [9.17, 15) is 14.9 Å². The molecule has 0 fully saturated rings. The minimum atomic E-state index is -0.658. The predicted octanol–water partition coefficient (Wildman–Crippen LogP) is 2.91. The van der Waals surface area contributed by atoms with Crippen LogP contribution in [0.5, 0.6) is 0 Å². The van der Waals surface area contributed by atoms with Crippen LogP contribution in [0.25, 0.3) is 11.5 Å². The maximum Gasteiger partial charge on any atom is 0.309 e. The van der Waals surface area contributed by atoms with E-state index in [4.69, 9.17) is 9.15 Å². The molecule has 0 spiro atoms. The van der Waals surface area contributed by atoms with E-state index >= 15 is 0 Å². The minimum Gasteiger partial charge on any atom is -0.452 e. The lowest BCUT2D eigenvalue weighted by molar-refractivity contribution is -0.384. The highest BCUT2D eigenvalue weighted by Gasteiger charge is 2.20. The van der Waals surface area contributed by atoms with Crippen LogP contribution in [0.1, 0.15) is 32.8 Å². The monoisotopic (exact) mass is 305 g/mol. The lowest BCUT2D eigenvalue weighted by atomic mass is 10.2. The number of carbonyl (C=O) groups excluding carboxylic acids is 1. The summed E-state index contributed by atoms with van der Waals surface area (Å²) in [5, 5.41) is 18.3. The van der Waals surface area contributed by atoms with Gasteiger partial charge in [0.2, 0.25) is 5.89 Å². The molecule has 0 radical (unpaired) electrons. The smallest absolute Gasteiger partial charge is 0.309 e. The van der Waals surface area contributed by atoms with Crippen molar-refractivity contribution in [3.63, 3.8) is 0 Å². The topological polar surface area (TPSA) is 108 Å². The summed E-state index contributed by atoms with van der Waals surface area (Å²) in [4.78, 5) is 21.6. The first-order chi connectivity index (χ1) is 10.4. The summed E-state index contributed by atoms with van der Waals surface area (Å²) in [5.41, 5.74) is 0.523. The Balaban J connectivity index is 2.13. The third-order valence-electron chi connectivity index (χ3n) is 2.88. The number of non-ortho nitro benzene ring substituents is 1. The SMILES string of the molecule is CC(C)C(=O)OC(C)c1nnc(-c2ccc([N+](=O)[O-])cc2)o1. The van der Waals surface area contributed by atoms with Crippen molar-refractivity contribution >= 4 is 11.7 Å². The second kappa shape index (κ2) is 6.33. The number of nitro benzene ring substituents is 1. The maximum atomic E-state index is 11.5. The van der Waals surface area contributed by atoms with Crippen molar-refractivity contribution in [2.45, 2.75) is 26.9 Å². The van der Waals surface area contributed by atoms with Gasteiger partial charge in [0.25, 0.3) is 11.6 Å². The maximum absolute atomic E-state index is 11.5. The van der Waals surface area contributed by atoms with E-state index in [0.717, 1.165) is 0 Å². The Morgan fingerprint density at radius 2 is 1.86 bits per heavy atom. The molecule has 0 N–H and O–H groups in total. The second-order valence-electron chi connectivity index (χ2n) is 4.98. The summed E-state index contributed by atoms with van der Waals surface area (Å²) in [6.45, 7) is 5.09. The van der Waals surface area contributed by atoms with E-state index in [1.807, 2.05) is 0 Å². The molecule has 8 nitrogen and oxygen atoms in total. The lowest BCUT2D eigenvalue weighted by Gasteiger charge is -2.10. The molecule has 1 aromatic carbocycles. The van der Waals surface area contributed by atoms with Gasteiger partial charge in [0.15, 0.2) is 6.10 Å². The van der Waals surface area contributed by atoms with Crippen molar-refractivity contribution < 1.29 is 18.9 Å². The Hall–Kier alpha value is -2.77. The zero-order valence-corrected chi connectivity index (χ0v) is 12.3. The number of carbonyl (C=O) groups is 1. The van der Waals surface area contributed by atoms with Crippen LogP contribution in [0.2, 0.25) is 0 Å². The summed E-state index contributed by atoms with van der Waals surface area (Å²) in [7, 11) is 0. The normalized spacial score (nSPS) is 12.2. The molecule has 2 aromatic rings. The zero-order chi connectivity index (χ0) is 16.3. The summed E-state index contributed by atoms with van der Waals surface area (Å²) in [6.07, 6.45) is -0.658. The van der Waals surface area contributed by atoms with Gasteiger partial charge in [0.05, 0.1) is 10.8 Å². The molecule has 1 unspecified atom stereocenters. The van der Waals surface area contributed by atoms with Crippen LogP contribution in [-0.4, -0.2) is 21.1 Å². The number of rotatable bonds is 5. The van der Waals surface area contributed by atoms with Gasteiger partial charge >= 0.3 is 5.97 Å². The molecule has 0 aliphatic heterocycles. The number of hydrogen-bond acceptors (Lipinski definition) is 7. The molecular formula is C14H15N3O5. The van der Waals surface area contributed by atoms with Gasteiger partial charge in [-0.15, -0.1) is 10.2 Å². The molecule has 0 amide bonds. The highest BCUT2D eigenvalue weighted by atomic mass is 16.6. The van der Waals surface area contributed by atoms with Crippen LogP contribution in [0.4, 0.5) is 5.69 Å². The number of aromatic nitrogens is 2. The Morgan fingerprint density at radius 1 is 1.23 bits per heavy atom. The molecular weight excluding hydrogens is 290 g/mol. The molecule has 0 saturated carbocycles. The average molecular weight is 305 g/mol. The van der Waals surface area contributed by atoms with E-state index in [1.54, 1.807) is 20.8 Å². The molecule has 1 aromatic heterocycles. The Labute approximate surface area is 126 Å². The van der Waals surface area contributed by atoms with Crippen molar-refractivity contribution in [2.24, 2.45) is 5.92 Å². The quantitative estimate of drug-likeness (QED) is 0.474. The van der Waals surface area contributed by atoms with Crippen LogP contribution in [0.3, 0.4) is 0 Å². The van der Waals surface area contributed by atoms with Crippen LogP contribution < -0.4 is 0 Å². The second-order valence-corrected chi connectivity index (χ2v) is 4.98. The molecule has 0 saturated heterocycles. The first-order valence-electron chi connectivity index (χ1n) is 6.67. The molecule has 8 heteroatoms. The largest absolute Gasteiger partial charge is 0.452 e. The van der Waals surface area contributed by atoms with Gasteiger partial charge < -0.3 is 9.15 Å². The van der Waals surface area contributed by atoms with E-state index < -0.39 is 11.0 Å². The van der Waals surface area contributed by atoms with Gasteiger partial charge in [0.1, 0.15) is 0 Å². The number of benzene rings is 1. The number of ether oxygens (including phenoxy) is 1. The number of esters is 1. The number of nitro groups is 1. The first kappa shape index (κ1) is 15.6. The van der Waals surface area contributed by atoms with E-state index in [-0.39, 0.29) is 29.4 Å². The summed E-state index contributed by atoms with van der Waals surface area (Å²) in [5.74, 6) is -0.234. The molecule has 0 bridgehead atoms. The van der Waals surface area contributed by atoms with Gasteiger partial charge in [-0.2, -0.15) is 0 Å². The zero-order valence-electron chi connectivity index (χ0n) is 12.3. The average Bonchev–Trinajstić information content (AvgIpc) is 2.97. The third-order valence-corrected chi connectivity index (χ3v) is 2.88. The number of nitrogens with zero attached hydrogens (tertiary/aromatic N) is 3. The van der Waals surface area contributed by atoms with E-state index in [0.29, 0.717) is 5.56 Å². The molecule has 116 valence electrons. The molecule has 0 aliphatic rings. The van der Waals surface area contributed by atoms with Gasteiger partial charge in [-0.3, -0.25) is 14.9 Å². The summed E-state index contributed by atoms with van der Waals surface area (Å²) >= 11 is 0. The minimum absolute atomic E-state index is 0.0253. The van der Waals surface area contributed by atoms with Gasteiger partial charge in [0, 0.05) is 17.7 Å². The van der Waals surface area contributed by atoms with Crippen molar-refractivity contribution in [3.05, 3.63) is 40.3 Å². The van der Waals surface area contributed by atoms with Crippen molar-refractivity contribution in [2.75, 3.05) is 0 Å². The van der Waals surface area contributed by atoms with Crippen molar-refractivity contribution in [1.29, 1.82) is 0 Å². The highest BCUT2D eigenvalue weighted by molar-refractivity contribution is 5.71. The molecule has 22 heavy (non-hydrogen) atoms. The summed E-state index contributed by atoms with van der Waals surface area (Å²) < 4.78 is 10.6. The van der Waals surface area contributed by atoms with Crippen LogP contribution in [0.15, 0.2) is 28.7 Å². The fraction of sp³-hybridized carbons (Fsp3) is 0.357. The molecule has 1 heterocycles. The summed E-state index contributed by atoms with van der Waals surface area (Å²) in [6, 6.07) is 5.73. The van der Waals surface area contributed by atoms with Crippen LogP contribution in [0, 0.1) is 16.0 Å². The molecule has 0 aliphatic carbocycles. The first-order valence-corrected chi connectivity index (χ1v) is 6.67. The van der Waals surface area contributed by atoms with Gasteiger partial charge in [-0.05, 0) is 19.1 Å². The lowest BCUT2D eigenvalue weighted by Crippen LogP contribution is -2.14. The highest BCUT2D eigenvalue weighted by Crippen LogP contribution is 2.24. The Kier molecular flexibility index (Phi) is 4.50. The van der Waals surface area contributed by atoms with Gasteiger partial charge in [-0.25, -0.2) is 0 Å². The Morgan fingerprint density at radius 3 is 2.41 bits per heavy atom. The van der Waals surface area contributed by atoms with E-state index in [2.05, 4.69) is 10.2 Å². The van der Waals surface area contributed by atoms with Crippen LogP contribution >= 0.6 is 0 Å². The molecule has 1 atom stereocenters.